The molecular formula is C21H18ClN3O4S. The third-order valence-corrected chi connectivity index (χ3v) is 5.74. The van der Waals surface area contributed by atoms with E-state index in [9.17, 15) is 9.59 Å². The van der Waals surface area contributed by atoms with Gasteiger partial charge in [-0.05, 0) is 42.0 Å². The Bertz CT molecular complexity index is 1150. The third-order valence-electron chi connectivity index (χ3n) is 4.51. The summed E-state index contributed by atoms with van der Waals surface area (Å²) in [5, 5.41) is 2.83. The van der Waals surface area contributed by atoms with Crippen LogP contribution in [-0.2, 0) is 4.84 Å². The minimum atomic E-state index is -0.305. The molecule has 30 heavy (non-hydrogen) atoms. The van der Waals surface area contributed by atoms with Crippen molar-refractivity contribution in [1.29, 1.82) is 0 Å². The average Bonchev–Trinajstić information content (AvgIpc) is 3.42. The zero-order valence-corrected chi connectivity index (χ0v) is 17.5. The minimum Gasteiger partial charge on any atom is -0.495 e. The van der Waals surface area contributed by atoms with Gasteiger partial charge >= 0.3 is 0 Å². The first-order valence-corrected chi connectivity index (χ1v) is 10.3. The number of carbonyl (C=O) groups excluding carboxylic acids is 1. The fraction of sp³-hybridized carbons (Fsp3) is 0.143. The summed E-state index contributed by atoms with van der Waals surface area (Å²) in [5.74, 6) is 0.410. The van der Waals surface area contributed by atoms with Crippen molar-refractivity contribution >= 4 is 34.5 Å². The van der Waals surface area contributed by atoms with Crippen molar-refractivity contribution in [3.8, 4) is 11.4 Å². The van der Waals surface area contributed by atoms with Crippen LogP contribution in [0.4, 0.5) is 0 Å². The summed E-state index contributed by atoms with van der Waals surface area (Å²) >= 11 is 7.09. The fourth-order valence-electron chi connectivity index (χ4n) is 2.96. The second kappa shape index (κ2) is 8.74. The summed E-state index contributed by atoms with van der Waals surface area (Å²) in [6.07, 6.45) is 3.24. The van der Waals surface area contributed by atoms with Crippen LogP contribution in [0.15, 0.2) is 65.6 Å². The van der Waals surface area contributed by atoms with E-state index in [2.05, 4.69) is 10.8 Å². The maximum atomic E-state index is 12.1. The van der Waals surface area contributed by atoms with Crippen molar-refractivity contribution in [2.24, 2.45) is 0 Å². The summed E-state index contributed by atoms with van der Waals surface area (Å²) in [5.41, 5.74) is 5.15. The zero-order chi connectivity index (χ0) is 21.1. The van der Waals surface area contributed by atoms with Gasteiger partial charge in [0.2, 0.25) is 0 Å². The van der Waals surface area contributed by atoms with Gasteiger partial charge in [0.25, 0.3) is 11.5 Å². The highest BCUT2D eigenvalue weighted by Gasteiger charge is 2.19. The number of nitrogens with one attached hydrogen (secondary N) is 2. The molecule has 1 unspecified atom stereocenters. The second-order valence-electron chi connectivity index (χ2n) is 6.48. The van der Waals surface area contributed by atoms with Crippen LogP contribution in [0.5, 0.6) is 5.75 Å². The van der Waals surface area contributed by atoms with Gasteiger partial charge in [0.1, 0.15) is 11.9 Å². The van der Waals surface area contributed by atoms with Crippen LogP contribution in [0.25, 0.3) is 11.4 Å². The molecule has 3 aromatic rings. The summed E-state index contributed by atoms with van der Waals surface area (Å²) in [6, 6.07) is 13.9. The Balaban J connectivity index is 1.42. The number of ether oxygens (including phenoxy) is 1. The molecule has 1 aliphatic heterocycles. The number of amides is 1. The number of thiophene rings is 1. The predicted molar refractivity (Wildman–Crippen MR) is 116 cm³/mol. The number of halogens is 1. The zero-order valence-electron chi connectivity index (χ0n) is 15.9. The van der Waals surface area contributed by atoms with E-state index in [-0.39, 0.29) is 17.6 Å². The molecule has 0 spiro atoms. The number of hydroxylamine groups is 1. The molecule has 0 fully saturated rings. The molecule has 4 rings (SSSR count). The predicted octanol–water partition coefficient (Wildman–Crippen LogP) is 3.24. The normalized spacial score (nSPS) is 15.4. The standard InChI is InChI=1S/C21H18ClN3O4S/c1-28-15-6-9-20(26)25(12-15)14-4-2-13(3-5-14)17-10-16(29-24-17)11-23-21(27)18-7-8-19(22)30-18/h2-10,12,16,24H,11H2,1H3,(H,23,27). The maximum absolute atomic E-state index is 12.1. The Kier molecular flexibility index (Phi) is 5.89. The Morgan fingerprint density at radius 2 is 2.03 bits per heavy atom. The monoisotopic (exact) mass is 443 g/mol. The van der Waals surface area contributed by atoms with E-state index in [0.29, 0.717) is 21.5 Å². The van der Waals surface area contributed by atoms with Crippen molar-refractivity contribution in [2.45, 2.75) is 6.10 Å². The highest BCUT2D eigenvalue weighted by Crippen LogP contribution is 2.22. The molecule has 3 heterocycles. The molecule has 1 atom stereocenters. The molecule has 7 nitrogen and oxygen atoms in total. The highest BCUT2D eigenvalue weighted by atomic mass is 35.5. The number of benzene rings is 1. The molecule has 0 saturated heterocycles. The lowest BCUT2D eigenvalue weighted by molar-refractivity contribution is 0.0499. The summed E-state index contributed by atoms with van der Waals surface area (Å²) in [6.45, 7) is 0.322. The molecule has 0 radical (unpaired) electrons. The van der Waals surface area contributed by atoms with Gasteiger partial charge in [-0.25, -0.2) is 0 Å². The molecule has 1 amide bonds. The molecule has 2 N–H and O–H groups in total. The SMILES string of the molecule is COc1ccc(=O)n(-c2ccc(C3=CC(CNC(=O)c4ccc(Cl)s4)ON3)cc2)c1. The highest BCUT2D eigenvalue weighted by molar-refractivity contribution is 7.17. The molecule has 9 heteroatoms. The van der Waals surface area contributed by atoms with E-state index >= 15 is 0 Å². The number of nitrogens with zero attached hydrogens (tertiary/aromatic N) is 1. The average molecular weight is 444 g/mol. The Morgan fingerprint density at radius 1 is 1.23 bits per heavy atom. The number of aromatic nitrogens is 1. The van der Waals surface area contributed by atoms with Gasteiger partial charge < -0.3 is 10.1 Å². The van der Waals surface area contributed by atoms with Gasteiger partial charge in [-0.3, -0.25) is 24.5 Å². The first kappa shape index (κ1) is 20.2. The van der Waals surface area contributed by atoms with E-state index in [1.807, 2.05) is 30.3 Å². The first-order valence-electron chi connectivity index (χ1n) is 9.08. The van der Waals surface area contributed by atoms with Crippen molar-refractivity contribution in [1.82, 2.24) is 15.4 Å². The Hall–Kier alpha value is -3.07. The van der Waals surface area contributed by atoms with Crippen LogP contribution in [0.3, 0.4) is 0 Å². The molecule has 0 bridgehead atoms. The van der Waals surface area contributed by atoms with Gasteiger partial charge in [-0.15, -0.1) is 11.3 Å². The van der Waals surface area contributed by atoms with Crippen molar-refractivity contribution in [3.63, 3.8) is 0 Å². The lowest BCUT2D eigenvalue weighted by Crippen LogP contribution is -2.31. The number of methoxy groups -OCH3 is 1. The third kappa shape index (κ3) is 4.40. The number of hydrogen-bond donors (Lipinski definition) is 2. The van der Waals surface area contributed by atoms with E-state index in [4.69, 9.17) is 21.2 Å². The molecular weight excluding hydrogens is 426 g/mol. The van der Waals surface area contributed by atoms with E-state index < -0.39 is 0 Å². The summed E-state index contributed by atoms with van der Waals surface area (Å²) in [4.78, 5) is 30.3. The maximum Gasteiger partial charge on any atom is 0.261 e. The lowest BCUT2D eigenvalue weighted by atomic mass is 10.1. The molecule has 0 aliphatic carbocycles. The van der Waals surface area contributed by atoms with Crippen LogP contribution in [0, 0.1) is 0 Å². The van der Waals surface area contributed by atoms with Crippen molar-refractivity contribution in [2.75, 3.05) is 13.7 Å². The molecule has 1 aliphatic rings. The van der Waals surface area contributed by atoms with Crippen LogP contribution < -0.4 is 21.1 Å². The van der Waals surface area contributed by atoms with Crippen LogP contribution in [0.2, 0.25) is 4.34 Å². The molecule has 2 aromatic heterocycles. The van der Waals surface area contributed by atoms with Crippen molar-refractivity contribution < 1.29 is 14.4 Å². The summed E-state index contributed by atoms with van der Waals surface area (Å²) < 4.78 is 7.27. The number of rotatable bonds is 6. The quantitative estimate of drug-likeness (QED) is 0.611. The van der Waals surface area contributed by atoms with Gasteiger partial charge in [-0.2, -0.15) is 0 Å². The first-order chi connectivity index (χ1) is 14.5. The number of pyridine rings is 1. The number of carbonyl (C=O) groups is 1. The smallest absolute Gasteiger partial charge is 0.261 e. The van der Waals surface area contributed by atoms with Gasteiger partial charge in [-0.1, -0.05) is 23.7 Å². The lowest BCUT2D eigenvalue weighted by Gasteiger charge is -2.09. The largest absolute Gasteiger partial charge is 0.495 e. The minimum absolute atomic E-state index is 0.145. The fourth-order valence-corrected chi connectivity index (χ4v) is 3.92. The summed E-state index contributed by atoms with van der Waals surface area (Å²) in [7, 11) is 1.56. The molecule has 0 saturated carbocycles. The van der Waals surface area contributed by atoms with Gasteiger partial charge in [0.05, 0.1) is 34.8 Å². The van der Waals surface area contributed by atoms with E-state index in [1.165, 1.54) is 22.0 Å². The molecule has 154 valence electrons. The topological polar surface area (TPSA) is 81.6 Å². The molecule has 1 aromatic carbocycles. The second-order valence-corrected chi connectivity index (χ2v) is 8.19. The van der Waals surface area contributed by atoms with Crippen LogP contribution in [0.1, 0.15) is 15.2 Å². The van der Waals surface area contributed by atoms with Crippen LogP contribution in [-0.4, -0.2) is 30.2 Å². The van der Waals surface area contributed by atoms with Gasteiger partial charge in [0.15, 0.2) is 0 Å². The number of hydrogen-bond acceptors (Lipinski definition) is 6. The van der Waals surface area contributed by atoms with Crippen LogP contribution >= 0.6 is 22.9 Å². The van der Waals surface area contributed by atoms with E-state index in [0.717, 1.165) is 16.9 Å². The Morgan fingerprint density at radius 3 is 2.73 bits per heavy atom. The van der Waals surface area contributed by atoms with Crippen molar-refractivity contribution in [3.05, 3.63) is 85.9 Å². The van der Waals surface area contributed by atoms with Gasteiger partial charge in [0, 0.05) is 11.8 Å². The Labute approximate surface area is 181 Å². The van der Waals surface area contributed by atoms with E-state index in [1.54, 1.807) is 31.5 Å².